The van der Waals surface area contributed by atoms with Crippen molar-refractivity contribution in [2.75, 3.05) is 11.4 Å². The number of hydrogen-bond acceptors (Lipinski definition) is 2. The van der Waals surface area contributed by atoms with Gasteiger partial charge in [0, 0.05) is 29.4 Å². The van der Waals surface area contributed by atoms with Gasteiger partial charge in [0.05, 0.1) is 6.42 Å². The predicted molar refractivity (Wildman–Crippen MR) is 115 cm³/mol. The first kappa shape index (κ1) is 20.1. The molecule has 0 saturated carbocycles. The largest absolute Gasteiger partial charge is 0.352 e. The van der Waals surface area contributed by atoms with Crippen molar-refractivity contribution in [3.8, 4) is 0 Å². The number of carbonyl (C=O) groups excluding carboxylic acids is 2. The fraction of sp³-hybridized carbons (Fsp3) is 0.167. The molecule has 3 aromatic carbocycles. The number of halogens is 2. The molecule has 3 aromatic rings. The molecular weight excluding hydrogens is 403 g/mol. The minimum Gasteiger partial charge on any atom is -0.352 e. The second kappa shape index (κ2) is 8.67. The van der Waals surface area contributed by atoms with Crippen LogP contribution in [0.2, 0.25) is 5.02 Å². The zero-order valence-electron chi connectivity index (χ0n) is 16.2. The van der Waals surface area contributed by atoms with Gasteiger partial charge in [0.15, 0.2) is 0 Å². The zero-order valence-corrected chi connectivity index (χ0v) is 17.0. The van der Waals surface area contributed by atoms with E-state index in [4.69, 9.17) is 11.6 Å². The highest BCUT2D eigenvalue weighted by atomic mass is 35.5. The molecule has 0 radical (unpaired) electrons. The lowest BCUT2D eigenvalue weighted by Crippen LogP contribution is -2.29. The summed E-state index contributed by atoms with van der Waals surface area (Å²) in [6.07, 6.45) is 0.984. The van der Waals surface area contributed by atoms with Crippen molar-refractivity contribution < 1.29 is 14.0 Å². The highest BCUT2D eigenvalue weighted by Gasteiger charge is 2.25. The minimum absolute atomic E-state index is 0.0667. The molecule has 0 aliphatic carbocycles. The Labute approximate surface area is 179 Å². The lowest BCUT2D eigenvalue weighted by molar-refractivity contribution is -0.120. The summed E-state index contributed by atoms with van der Waals surface area (Å²) in [7, 11) is 0. The van der Waals surface area contributed by atoms with Crippen LogP contribution in [0.4, 0.5) is 10.1 Å². The van der Waals surface area contributed by atoms with Gasteiger partial charge in [-0.2, -0.15) is 0 Å². The predicted octanol–water partition coefficient (Wildman–Crippen LogP) is 4.54. The first-order valence-corrected chi connectivity index (χ1v) is 10.1. The summed E-state index contributed by atoms with van der Waals surface area (Å²) in [6, 6.07) is 18.7. The van der Waals surface area contributed by atoms with E-state index in [2.05, 4.69) is 5.32 Å². The number of nitrogens with zero attached hydrogens (tertiary/aromatic N) is 1. The summed E-state index contributed by atoms with van der Waals surface area (Å²) < 4.78 is 13.0. The number of amides is 2. The van der Waals surface area contributed by atoms with Crippen LogP contribution in [0.5, 0.6) is 0 Å². The molecule has 1 N–H and O–H groups in total. The average molecular weight is 423 g/mol. The second-order valence-electron chi connectivity index (χ2n) is 7.26. The lowest BCUT2D eigenvalue weighted by Gasteiger charge is -2.18. The summed E-state index contributed by atoms with van der Waals surface area (Å²) in [4.78, 5) is 26.9. The van der Waals surface area contributed by atoms with E-state index in [1.807, 2.05) is 18.2 Å². The van der Waals surface area contributed by atoms with Crippen LogP contribution in [0, 0.1) is 5.82 Å². The zero-order chi connectivity index (χ0) is 21.1. The van der Waals surface area contributed by atoms with Crippen molar-refractivity contribution in [3.05, 3.63) is 99.8 Å². The Hall–Kier alpha value is -3.18. The molecule has 0 spiro atoms. The van der Waals surface area contributed by atoms with Crippen LogP contribution in [0.25, 0.3) is 0 Å². The Balaban J connectivity index is 1.42. The van der Waals surface area contributed by atoms with Gasteiger partial charge in [-0.05, 0) is 65.6 Å². The fourth-order valence-electron chi connectivity index (χ4n) is 3.54. The Morgan fingerprint density at radius 1 is 0.967 bits per heavy atom. The number of rotatable bonds is 5. The second-order valence-corrected chi connectivity index (χ2v) is 7.69. The van der Waals surface area contributed by atoms with Crippen molar-refractivity contribution in [3.63, 3.8) is 0 Å². The topological polar surface area (TPSA) is 49.4 Å². The van der Waals surface area contributed by atoms with Crippen LogP contribution < -0.4 is 10.2 Å². The van der Waals surface area contributed by atoms with E-state index in [1.54, 1.807) is 41.3 Å². The van der Waals surface area contributed by atoms with Crippen LogP contribution in [-0.4, -0.2) is 18.4 Å². The first-order chi connectivity index (χ1) is 14.5. The van der Waals surface area contributed by atoms with E-state index in [-0.39, 0.29) is 24.1 Å². The first-order valence-electron chi connectivity index (χ1n) is 9.70. The molecule has 1 aliphatic rings. The average Bonchev–Trinajstić information content (AvgIpc) is 3.17. The molecule has 0 saturated heterocycles. The molecule has 0 atom stereocenters. The maximum absolute atomic E-state index is 13.0. The molecule has 1 aliphatic heterocycles. The van der Waals surface area contributed by atoms with Gasteiger partial charge < -0.3 is 10.2 Å². The Bertz CT molecular complexity index is 1080. The van der Waals surface area contributed by atoms with Gasteiger partial charge in [0.1, 0.15) is 5.82 Å². The third-order valence-electron chi connectivity index (χ3n) is 5.15. The van der Waals surface area contributed by atoms with Gasteiger partial charge in [-0.25, -0.2) is 4.39 Å². The highest BCUT2D eigenvalue weighted by molar-refractivity contribution is 6.30. The molecule has 0 bridgehead atoms. The molecule has 0 fully saturated rings. The maximum Gasteiger partial charge on any atom is 0.258 e. The fourth-order valence-corrected chi connectivity index (χ4v) is 3.67. The number of nitrogens with one attached hydrogen (secondary N) is 1. The smallest absolute Gasteiger partial charge is 0.258 e. The van der Waals surface area contributed by atoms with Crippen molar-refractivity contribution in [2.24, 2.45) is 0 Å². The summed E-state index contributed by atoms with van der Waals surface area (Å²) in [5.74, 6) is -0.533. The lowest BCUT2D eigenvalue weighted by atomic mass is 10.1. The summed E-state index contributed by atoms with van der Waals surface area (Å²) in [5.41, 5.74) is 4.24. The van der Waals surface area contributed by atoms with E-state index < -0.39 is 0 Å². The highest BCUT2D eigenvalue weighted by Crippen LogP contribution is 2.30. The number of anilines is 1. The van der Waals surface area contributed by atoms with E-state index >= 15 is 0 Å². The molecule has 1 heterocycles. The Kier molecular flexibility index (Phi) is 5.81. The van der Waals surface area contributed by atoms with Gasteiger partial charge in [-0.15, -0.1) is 0 Å². The standard InChI is InChI=1S/C24H20ClFN2O2/c25-20-7-5-19(6-8-20)24(30)28-12-11-18-4-1-17(13-22(18)28)15-27-23(29)14-16-2-9-21(26)10-3-16/h1-10,13H,11-12,14-15H2,(H,27,29). The minimum atomic E-state index is -0.324. The van der Waals surface area contributed by atoms with Crippen molar-refractivity contribution in [1.29, 1.82) is 0 Å². The van der Waals surface area contributed by atoms with Crippen molar-refractivity contribution in [1.82, 2.24) is 5.32 Å². The van der Waals surface area contributed by atoms with Crippen LogP contribution in [-0.2, 0) is 24.2 Å². The van der Waals surface area contributed by atoms with E-state index in [1.165, 1.54) is 12.1 Å². The number of carbonyl (C=O) groups is 2. The number of fused-ring (bicyclic) bond motifs is 1. The summed E-state index contributed by atoms with van der Waals surface area (Å²) >= 11 is 5.92. The molecule has 2 amide bonds. The summed E-state index contributed by atoms with van der Waals surface area (Å²) in [5, 5.41) is 3.47. The SMILES string of the molecule is O=C(Cc1ccc(F)cc1)NCc1ccc2c(c1)N(C(=O)c1ccc(Cl)cc1)CC2. The van der Waals surface area contributed by atoms with Crippen LogP contribution in [0.15, 0.2) is 66.7 Å². The Morgan fingerprint density at radius 3 is 2.40 bits per heavy atom. The molecular formula is C24H20ClFN2O2. The number of benzene rings is 3. The van der Waals surface area contributed by atoms with Crippen LogP contribution in [0.1, 0.15) is 27.0 Å². The molecule has 30 heavy (non-hydrogen) atoms. The monoisotopic (exact) mass is 422 g/mol. The molecule has 4 nitrogen and oxygen atoms in total. The quantitative estimate of drug-likeness (QED) is 0.656. The molecule has 4 rings (SSSR count). The van der Waals surface area contributed by atoms with Gasteiger partial charge in [-0.1, -0.05) is 35.9 Å². The van der Waals surface area contributed by atoms with E-state index in [9.17, 15) is 14.0 Å². The third-order valence-corrected chi connectivity index (χ3v) is 5.40. The number of hydrogen-bond donors (Lipinski definition) is 1. The Morgan fingerprint density at radius 2 is 1.67 bits per heavy atom. The van der Waals surface area contributed by atoms with Crippen LogP contribution in [0.3, 0.4) is 0 Å². The van der Waals surface area contributed by atoms with Gasteiger partial charge in [0.2, 0.25) is 5.91 Å². The van der Waals surface area contributed by atoms with Gasteiger partial charge in [-0.3, -0.25) is 9.59 Å². The molecule has 0 aromatic heterocycles. The molecule has 0 unspecified atom stereocenters. The van der Waals surface area contributed by atoms with Crippen molar-refractivity contribution >= 4 is 29.1 Å². The van der Waals surface area contributed by atoms with E-state index in [0.29, 0.717) is 23.7 Å². The van der Waals surface area contributed by atoms with Gasteiger partial charge in [0.25, 0.3) is 5.91 Å². The van der Waals surface area contributed by atoms with Gasteiger partial charge >= 0.3 is 0 Å². The normalized spacial score (nSPS) is 12.5. The van der Waals surface area contributed by atoms with E-state index in [0.717, 1.165) is 28.8 Å². The third kappa shape index (κ3) is 4.52. The molecule has 152 valence electrons. The summed E-state index contributed by atoms with van der Waals surface area (Å²) in [6.45, 7) is 0.980. The molecule has 6 heteroatoms. The van der Waals surface area contributed by atoms with Crippen molar-refractivity contribution in [2.45, 2.75) is 19.4 Å². The van der Waals surface area contributed by atoms with Crippen LogP contribution >= 0.6 is 11.6 Å². The maximum atomic E-state index is 13.0.